The van der Waals surface area contributed by atoms with Gasteiger partial charge in [-0.15, -0.1) is 0 Å². The summed E-state index contributed by atoms with van der Waals surface area (Å²) in [7, 11) is 3.08. The van der Waals surface area contributed by atoms with E-state index in [4.69, 9.17) is 16.2 Å². The fourth-order valence-electron chi connectivity index (χ4n) is 12.4. The molecule has 1 aromatic heterocycles. The van der Waals surface area contributed by atoms with Gasteiger partial charge in [-0.25, -0.2) is 9.37 Å². The van der Waals surface area contributed by atoms with Crippen LogP contribution in [-0.2, 0) is 99.4 Å². The van der Waals surface area contributed by atoms with Crippen LogP contribution in [0.5, 0.6) is 5.75 Å². The van der Waals surface area contributed by atoms with Crippen molar-refractivity contribution in [2.45, 2.75) is 183 Å². The number of likely N-dealkylation sites (tertiary alicyclic amines) is 1. The number of primary amides is 1. The second-order valence-corrected chi connectivity index (χ2v) is 27.5. The SMILES string of the molecule is CCc1cc(OC)ccc1-c1ccc(C[C@H](NC(=O)[C@H](CC(=O)O)NC(=O)[C@H](CO)NC(=O)[C@@H](NC(=O)[C@](C)(Cc2ccccc2F)NC(=O)[C@@H](NC(=O)CNC(=O)[C@H](CCC(=O)O)NC(=O)[C@]2(C)CCCN2C(=O)[C@@H](N)Cc2cnc[nH]2)[C@@H](C)O)[C@@H](C)O)C(=O)N[C@@H](CCC(=O)N(C)Cc2ccccc2)C(N)=O)cc1. The Morgan fingerprint density at radius 1 is 0.703 bits per heavy atom. The minimum absolute atomic E-state index is 0.0501. The third kappa shape index (κ3) is 25.4. The number of carboxylic acids is 2. The van der Waals surface area contributed by atoms with Gasteiger partial charge in [-0.2, -0.15) is 0 Å². The molecule has 1 fully saturated rings. The van der Waals surface area contributed by atoms with Gasteiger partial charge < -0.3 is 104 Å². The first-order valence-corrected chi connectivity index (χ1v) is 35.8. The van der Waals surface area contributed by atoms with E-state index >= 15 is 4.39 Å². The van der Waals surface area contributed by atoms with Crippen LogP contribution in [-0.4, -0.2) is 234 Å². The molecule has 1 aliphatic rings. The lowest BCUT2D eigenvalue weighted by molar-refractivity contribution is -0.146. The number of ether oxygens (including phenoxy) is 1. The molecule has 0 radical (unpaired) electrons. The van der Waals surface area contributed by atoms with E-state index in [9.17, 15) is 92.7 Å². The summed E-state index contributed by atoms with van der Waals surface area (Å²) in [6, 6.07) is 11.9. The van der Waals surface area contributed by atoms with E-state index in [0.717, 1.165) is 49.1 Å². The molecule has 0 bridgehead atoms. The summed E-state index contributed by atoms with van der Waals surface area (Å²) in [5.74, 6) is -16.4. The molecule has 19 N–H and O–H groups in total. The summed E-state index contributed by atoms with van der Waals surface area (Å²) < 4.78 is 20.9. The largest absolute Gasteiger partial charge is 0.497 e. The number of H-pyrrole nitrogens is 1. The molecule has 35 nitrogen and oxygen atoms in total. The van der Waals surface area contributed by atoms with Crippen LogP contribution in [0.25, 0.3) is 11.1 Å². The van der Waals surface area contributed by atoms with Crippen molar-refractivity contribution in [1.82, 2.24) is 67.6 Å². The number of aliphatic hydroxyl groups is 3. The number of carbonyl (C=O) groups excluding carboxylic acids is 12. The van der Waals surface area contributed by atoms with E-state index in [-0.39, 0.29) is 50.8 Å². The van der Waals surface area contributed by atoms with Crippen molar-refractivity contribution in [1.29, 1.82) is 0 Å². The summed E-state index contributed by atoms with van der Waals surface area (Å²) in [5.41, 5.74) is 12.1. The van der Waals surface area contributed by atoms with Gasteiger partial charge in [-0.3, -0.25) is 67.1 Å². The number of nitrogens with one attached hydrogen (secondary N) is 10. The van der Waals surface area contributed by atoms with Gasteiger partial charge in [0, 0.05) is 64.1 Å². The van der Waals surface area contributed by atoms with Crippen LogP contribution in [0.1, 0.15) is 108 Å². The maximum atomic E-state index is 15.5. The van der Waals surface area contributed by atoms with Crippen LogP contribution >= 0.6 is 0 Å². The second kappa shape index (κ2) is 41.2. The van der Waals surface area contributed by atoms with Crippen molar-refractivity contribution in [3.05, 3.63) is 143 Å². The topological polar surface area (TPSA) is 545 Å². The number of rotatable bonds is 42. The zero-order valence-corrected chi connectivity index (χ0v) is 62.5. The lowest BCUT2D eigenvalue weighted by atomic mass is 9.90. The Balaban J connectivity index is 1.17. The number of aliphatic carboxylic acids is 2. The fraction of sp³-hybridized carbons (Fsp3) is 0.453. The molecule has 111 heavy (non-hydrogen) atoms. The van der Waals surface area contributed by atoms with Gasteiger partial charge in [-0.1, -0.05) is 85.8 Å². The fourth-order valence-corrected chi connectivity index (χ4v) is 12.4. The molecule has 4 aromatic carbocycles. The smallest absolute Gasteiger partial charge is 0.305 e. The molecule has 1 aliphatic heterocycles. The molecule has 0 spiro atoms. The molecule has 2 heterocycles. The Labute approximate surface area is 638 Å². The van der Waals surface area contributed by atoms with Gasteiger partial charge in [0.2, 0.25) is 70.9 Å². The van der Waals surface area contributed by atoms with E-state index in [2.05, 4.69) is 57.8 Å². The lowest BCUT2D eigenvalue weighted by Crippen LogP contribution is -2.67. The standard InChI is InChI=1S/C75H98FN15O20/c1-8-45-32-49(111-7)23-24-50(45)46-21-19-43(20-22-46)31-55(66(103)82-53(64(78)101)25-27-59(96)90(6)38-44-15-10-9-11-16-44)83-67(104)56(34-61(99)100)84-68(105)57(39-92)85-69(106)62(41(2)93)88-72(109)74(4,35-47-17-12-13-18-51(47)76)89-70(107)63(42(3)94)87-58(95)37-80-65(102)54(26-28-60(97)98)86-73(110)75(5)29-14-30-91(75)71(108)52(77)33-48-36-79-40-81-48/h9-13,15-24,32,36,40-42,52-57,62-63,92-94H,8,14,25-31,33-35,37-39,77H2,1-7H3,(H2,78,101)(H,79,81)(H,80,102)(H,82,103)(H,83,104)(H,84,105)(H,85,106)(H,86,110)(H,87,95)(H,88,109)(H,89,107)(H,97,98)(H,99,100)/t41-,42-,52+,53+,54+,55+,56+,57+,62+,63+,74+,75+/m1/s1. The number of aromatic nitrogens is 2. The van der Waals surface area contributed by atoms with Crippen molar-refractivity contribution >= 4 is 82.8 Å². The first-order valence-electron chi connectivity index (χ1n) is 35.8. The number of aromatic amines is 1. The molecular formula is C75H98FN15O20. The van der Waals surface area contributed by atoms with Crippen LogP contribution in [0.15, 0.2) is 110 Å². The van der Waals surface area contributed by atoms with Crippen LogP contribution in [0, 0.1) is 5.82 Å². The monoisotopic (exact) mass is 1550 g/mol. The number of methoxy groups -OCH3 is 1. The van der Waals surface area contributed by atoms with E-state index < -0.39 is 199 Å². The molecule has 6 rings (SSSR count). The molecule has 1 saturated heterocycles. The van der Waals surface area contributed by atoms with E-state index in [0.29, 0.717) is 29.8 Å². The number of hydrogen-bond acceptors (Lipinski definition) is 20. The average molecular weight is 1550 g/mol. The maximum absolute atomic E-state index is 15.5. The molecule has 0 aliphatic carbocycles. The Hall–Kier alpha value is -11.8. The number of carbonyl (C=O) groups is 14. The Kier molecular flexibility index (Phi) is 32.7. The normalized spacial score (nSPS) is 16.4. The number of aliphatic hydroxyl groups excluding tert-OH is 3. The van der Waals surface area contributed by atoms with E-state index in [1.807, 2.05) is 31.2 Å². The first-order chi connectivity index (χ1) is 52.5. The van der Waals surface area contributed by atoms with Gasteiger partial charge in [0.25, 0.3) is 0 Å². The molecular weight excluding hydrogens is 1450 g/mol. The highest BCUT2D eigenvalue weighted by Gasteiger charge is 2.48. The predicted octanol–water partition coefficient (Wildman–Crippen LogP) is -2.07. The number of nitrogens with zero attached hydrogens (tertiary/aromatic N) is 3. The Morgan fingerprint density at radius 2 is 1.32 bits per heavy atom. The summed E-state index contributed by atoms with van der Waals surface area (Å²) in [6.45, 7) is 4.52. The van der Waals surface area contributed by atoms with Gasteiger partial charge in [0.15, 0.2) is 0 Å². The third-order valence-electron chi connectivity index (χ3n) is 18.8. The highest BCUT2D eigenvalue weighted by atomic mass is 19.1. The van der Waals surface area contributed by atoms with Gasteiger partial charge in [-0.05, 0) is 111 Å². The average Bonchev–Trinajstić information content (AvgIpc) is 1.71. The highest BCUT2D eigenvalue weighted by Crippen LogP contribution is 2.32. The predicted molar refractivity (Wildman–Crippen MR) is 395 cm³/mol. The number of halogens is 1. The molecule has 600 valence electrons. The third-order valence-corrected chi connectivity index (χ3v) is 18.8. The zero-order valence-electron chi connectivity index (χ0n) is 62.5. The first kappa shape index (κ1) is 88.1. The molecule has 0 saturated carbocycles. The highest BCUT2D eigenvalue weighted by molar-refractivity contribution is 6.01. The van der Waals surface area contributed by atoms with Gasteiger partial charge >= 0.3 is 11.9 Å². The summed E-state index contributed by atoms with van der Waals surface area (Å²) in [5, 5.41) is 72.9. The maximum Gasteiger partial charge on any atom is 0.305 e. The van der Waals surface area contributed by atoms with Crippen LogP contribution in [0.3, 0.4) is 0 Å². The molecule has 0 unspecified atom stereocenters. The quantitative estimate of drug-likeness (QED) is 0.0199. The number of aryl methyl sites for hydroxylation is 1. The number of carboxylic acid groups (broad SMARTS) is 2. The summed E-state index contributed by atoms with van der Waals surface area (Å²) in [6.07, 6.45) is -3.74. The second-order valence-electron chi connectivity index (χ2n) is 27.5. The zero-order chi connectivity index (χ0) is 82.0. The number of hydrogen-bond donors (Lipinski definition) is 17. The minimum Gasteiger partial charge on any atom is -0.497 e. The number of imidazole rings is 1. The van der Waals surface area contributed by atoms with Gasteiger partial charge in [0.1, 0.15) is 64.9 Å². The van der Waals surface area contributed by atoms with E-state index in [1.165, 1.54) is 54.6 Å². The Morgan fingerprint density at radius 3 is 1.92 bits per heavy atom. The molecule has 5 aromatic rings. The Bertz CT molecular complexity index is 4130. The molecule has 12 atom stereocenters. The number of benzene rings is 4. The van der Waals surface area contributed by atoms with Gasteiger partial charge in [0.05, 0.1) is 51.3 Å². The molecule has 12 amide bonds. The van der Waals surface area contributed by atoms with Crippen molar-refractivity contribution in [3.8, 4) is 16.9 Å². The van der Waals surface area contributed by atoms with Crippen LogP contribution in [0.4, 0.5) is 4.39 Å². The summed E-state index contributed by atoms with van der Waals surface area (Å²) >= 11 is 0. The van der Waals surface area contributed by atoms with Crippen LogP contribution < -0.4 is 64.1 Å². The number of nitrogens with two attached hydrogens (primary N) is 2. The van der Waals surface area contributed by atoms with Crippen molar-refractivity contribution in [3.63, 3.8) is 0 Å². The van der Waals surface area contributed by atoms with Crippen molar-refractivity contribution in [2.24, 2.45) is 11.5 Å². The van der Waals surface area contributed by atoms with Crippen LogP contribution in [0.2, 0.25) is 0 Å². The number of amides is 12. The van der Waals surface area contributed by atoms with E-state index in [1.54, 1.807) is 55.6 Å². The molecule has 36 heteroatoms. The van der Waals surface area contributed by atoms with Crippen molar-refractivity contribution in [2.75, 3.05) is 33.9 Å². The lowest BCUT2D eigenvalue weighted by Gasteiger charge is -2.36. The minimum atomic E-state index is -2.44. The summed E-state index contributed by atoms with van der Waals surface area (Å²) in [4.78, 5) is 201. The van der Waals surface area contributed by atoms with Crippen molar-refractivity contribution < 1.29 is 102 Å².